The van der Waals surface area contributed by atoms with Crippen LogP contribution in [0.1, 0.15) is 49.7 Å². The van der Waals surface area contributed by atoms with Crippen LogP contribution < -0.4 is 0 Å². The van der Waals surface area contributed by atoms with Crippen molar-refractivity contribution in [3.63, 3.8) is 0 Å². The van der Waals surface area contributed by atoms with Crippen molar-refractivity contribution >= 4 is 45.2 Å². The maximum Gasteiger partial charge on any atom is 0.339 e. The topological polar surface area (TPSA) is 92.3 Å². The van der Waals surface area contributed by atoms with Gasteiger partial charge in [0, 0.05) is 27.5 Å². The number of aromatic nitrogens is 2. The largest absolute Gasteiger partial charge is 0.508 e. The molecule has 2 aromatic heterocycles. The van der Waals surface area contributed by atoms with E-state index >= 15 is 0 Å². The standard InChI is InChI=1S/C31H24N2O4/c1-18-28(22-6-2-4-8-25(22)32-18)27(35)17-37-31(36)29-23-7-3-5-9-26(23)33-30-20(12-15-24(29)30)16-19-10-13-21(34)14-11-19/h2-11,13-14,16,32,34H,12,15,17H2,1H3. The molecule has 37 heavy (non-hydrogen) atoms. The minimum absolute atomic E-state index is 0.209. The van der Waals surface area contributed by atoms with Gasteiger partial charge in [-0.1, -0.05) is 48.5 Å². The molecule has 182 valence electrons. The van der Waals surface area contributed by atoms with Crippen molar-refractivity contribution in [2.24, 2.45) is 0 Å². The molecule has 2 N–H and O–H groups in total. The van der Waals surface area contributed by atoms with E-state index in [2.05, 4.69) is 4.98 Å². The third-order valence-electron chi connectivity index (χ3n) is 6.89. The molecule has 6 heteroatoms. The number of benzene rings is 3. The molecule has 6 rings (SSSR count). The highest BCUT2D eigenvalue weighted by Crippen LogP contribution is 2.38. The van der Waals surface area contributed by atoms with Gasteiger partial charge >= 0.3 is 5.97 Å². The lowest BCUT2D eigenvalue weighted by molar-refractivity contribution is 0.0476. The third kappa shape index (κ3) is 4.06. The fraction of sp³-hybridized carbons (Fsp3) is 0.129. The van der Waals surface area contributed by atoms with Crippen LogP contribution >= 0.6 is 0 Å². The van der Waals surface area contributed by atoms with Gasteiger partial charge in [-0.2, -0.15) is 0 Å². The predicted octanol–water partition coefficient (Wildman–Crippen LogP) is 6.26. The molecular formula is C31H24N2O4. The number of phenols is 1. The SMILES string of the molecule is Cc1[nH]c2ccccc2c1C(=O)COC(=O)c1c2c(nc3ccccc13)C(=Cc1ccc(O)cc1)CC2. The number of aromatic hydroxyl groups is 1. The lowest BCUT2D eigenvalue weighted by atomic mass is 10.0. The Kier molecular flexibility index (Phi) is 5.57. The maximum absolute atomic E-state index is 13.5. The Morgan fingerprint density at radius 1 is 0.946 bits per heavy atom. The van der Waals surface area contributed by atoms with Crippen molar-refractivity contribution in [3.05, 3.63) is 106 Å². The van der Waals surface area contributed by atoms with E-state index in [-0.39, 0.29) is 18.1 Å². The molecule has 1 aliphatic carbocycles. The summed E-state index contributed by atoms with van der Waals surface area (Å²) >= 11 is 0. The summed E-state index contributed by atoms with van der Waals surface area (Å²) in [6.07, 6.45) is 3.41. The Hall–Kier alpha value is -4.71. The molecule has 0 saturated heterocycles. The number of carbonyl (C=O) groups excluding carboxylic acids is 2. The Labute approximate surface area is 213 Å². The monoisotopic (exact) mass is 488 g/mol. The van der Waals surface area contributed by atoms with Crippen molar-refractivity contribution in [2.45, 2.75) is 19.8 Å². The lowest BCUT2D eigenvalue weighted by Gasteiger charge is -2.12. The number of hydrogen-bond acceptors (Lipinski definition) is 5. The van der Waals surface area contributed by atoms with E-state index in [4.69, 9.17) is 9.72 Å². The molecule has 0 bridgehead atoms. The van der Waals surface area contributed by atoms with Crippen molar-refractivity contribution in [3.8, 4) is 5.75 Å². The first-order chi connectivity index (χ1) is 18.0. The summed E-state index contributed by atoms with van der Waals surface area (Å²) in [6.45, 7) is 1.50. The summed E-state index contributed by atoms with van der Waals surface area (Å²) in [6, 6.07) is 22.1. The van der Waals surface area contributed by atoms with Crippen LogP contribution in [-0.4, -0.2) is 33.4 Å². The zero-order valence-corrected chi connectivity index (χ0v) is 20.2. The average Bonchev–Trinajstić information content (AvgIpc) is 3.46. The number of pyridine rings is 1. The summed E-state index contributed by atoms with van der Waals surface area (Å²) < 4.78 is 5.64. The molecule has 0 radical (unpaired) electrons. The zero-order valence-electron chi connectivity index (χ0n) is 20.2. The first-order valence-corrected chi connectivity index (χ1v) is 12.2. The highest BCUT2D eigenvalue weighted by Gasteiger charge is 2.28. The molecule has 0 aliphatic heterocycles. The molecule has 1 aliphatic rings. The van der Waals surface area contributed by atoms with Crippen molar-refractivity contribution in [1.82, 2.24) is 9.97 Å². The second-order valence-corrected chi connectivity index (χ2v) is 9.26. The molecular weight excluding hydrogens is 464 g/mol. The Balaban J connectivity index is 1.34. The first kappa shape index (κ1) is 22.7. The van der Waals surface area contributed by atoms with E-state index in [1.54, 1.807) is 12.1 Å². The van der Waals surface area contributed by atoms with Gasteiger partial charge in [0.2, 0.25) is 5.78 Å². The number of fused-ring (bicyclic) bond motifs is 3. The van der Waals surface area contributed by atoms with Crippen LogP contribution in [0, 0.1) is 6.92 Å². The van der Waals surface area contributed by atoms with Crippen molar-refractivity contribution in [2.75, 3.05) is 6.61 Å². The zero-order chi connectivity index (χ0) is 25.5. The first-order valence-electron chi connectivity index (χ1n) is 12.2. The van der Waals surface area contributed by atoms with E-state index in [1.807, 2.05) is 73.7 Å². The fourth-order valence-corrected chi connectivity index (χ4v) is 5.20. The van der Waals surface area contributed by atoms with Gasteiger partial charge in [0.25, 0.3) is 0 Å². The maximum atomic E-state index is 13.5. The highest BCUT2D eigenvalue weighted by molar-refractivity contribution is 6.12. The van der Waals surface area contributed by atoms with Crippen LogP contribution in [0.3, 0.4) is 0 Å². The smallest absolute Gasteiger partial charge is 0.339 e. The number of rotatable bonds is 5. The Bertz CT molecular complexity index is 1730. The normalized spacial score (nSPS) is 13.8. The van der Waals surface area contributed by atoms with Gasteiger partial charge in [0.1, 0.15) is 5.75 Å². The Morgan fingerprint density at radius 2 is 1.68 bits per heavy atom. The molecule has 0 saturated carbocycles. The average molecular weight is 489 g/mol. The summed E-state index contributed by atoms with van der Waals surface area (Å²) in [4.78, 5) is 34.7. The van der Waals surface area contributed by atoms with Gasteiger partial charge in [0.05, 0.1) is 16.8 Å². The van der Waals surface area contributed by atoms with Crippen LogP contribution in [0.5, 0.6) is 5.75 Å². The molecule has 3 aromatic carbocycles. The van der Waals surface area contributed by atoms with Gasteiger partial charge < -0.3 is 14.8 Å². The van der Waals surface area contributed by atoms with Gasteiger partial charge in [-0.05, 0) is 66.8 Å². The van der Waals surface area contributed by atoms with Crippen LogP contribution in [0.4, 0.5) is 0 Å². The summed E-state index contributed by atoms with van der Waals surface area (Å²) in [5.74, 6) is -0.557. The van der Waals surface area contributed by atoms with E-state index in [0.29, 0.717) is 28.5 Å². The fourth-order valence-electron chi connectivity index (χ4n) is 5.20. The molecule has 0 atom stereocenters. The van der Waals surface area contributed by atoms with Gasteiger partial charge in [0.15, 0.2) is 6.61 Å². The van der Waals surface area contributed by atoms with Crippen LogP contribution in [0.25, 0.3) is 33.5 Å². The van der Waals surface area contributed by atoms with Crippen LogP contribution in [0.2, 0.25) is 0 Å². The van der Waals surface area contributed by atoms with Crippen LogP contribution in [-0.2, 0) is 11.2 Å². The second kappa shape index (κ2) is 9.06. The Morgan fingerprint density at radius 3 is 2.49 bits per heavy atom. The number of ketones is 1. The molecule has 0 amide bonds. The second-order valence-electron chi connectivity index (χ2n) is 9.26. The van der Waals surface area contributed by atoms with Crippen molar-refractivity contribution < 1.29 is 19.4 Å². The number of aryl methyl sites for hydroxylation is 1. The number of nitrogens with one attached hydrogen (secondary N) is 1. The number of carbonyl (C=O) groups is 2. The molecule has 6 nitrogen and oxygen atoms in total. The van der Waals surface area contributed by atoms with Gasteiger partial charge in [-0.3, -0.25) is 4.79 Å². The number of esters is 1. The number of ether oxygens (including phenoxy) is 1. The van der Waals surface area contributed by atoms with E-state index in [1.165, 1.54) is 0 Å². The number of aromatic amines is 1. The quantitative estimate of drug-likeness (QED) is 0.225. The molecule has 5 aromatic rings. The summed E-state index contributed by atoms with van der Waals surface area (Å²) in [5, 5.41) is 11.1. The highest BCUT2D eigenvalue weighted by atomic mass is 16.5. The van der Waals surface area contributed by atoms with Crippen molar-refractivity contribution in [1.29, 1.82) is 0 Å². The summed E-state index contributed by atoms with van der Waals surface area (Å²) in [5.41, 5.74) is 6.92. The third-order valence-corrected chi connectivity index (χ3v) is 6.89. The minimum atomic E-state index is -0.522. The number of H-pyrrole nitrogens is 1. The summed E-state index contributed by atoms with van der Waals surface area (Å²) in [7, 11) is 0. The number of Topliss-reactive ketones (excluding diaryl/α,β-unsaturated/α-hetero) is 1. The minimum Gasteiger partial charge on any atom is -0.508 e. The molecule has 0 spiro atoms. The molecule has 2 heterocycles. The van der Waals surface area contributed by atoms with Gasteiger partial charge in [-0.15, -0.1) is 0 Å². The molecule has 0 fully saturated rings. The number of nitrogens with zero attached hydrogens (tertiary/aromatic N) is 1. The van der Waals surface area contributed by atoms with Crippen LogP contribution in [0.15, 0.2) is 72.8 Å². The van der Waals surface area contributed by atoms with Gasteiger partial charge in [-0.25, -0.2) is 9.78 Å². The number of phenolic OH excluding ortho intramolecular Hbond substituents is 1. The van der Waals surface area contributed by atoms with E-state index in [0.717, 1.165) is 45.4 Å². The lowest BCUT2D eigenvalue weighted by Crippen LogP contribution is -2.17. The molecule has 0 unspecified atom stereocenters. The van der Waals surface area contributed by atoms with E-state index in [9.17, 15) is 14.7 Å². The number of hydrogen-bond donors (Lipinski definition) is 2. The predicted molar refractivity (Wildman–Crippen MR) is 144 cm³/mol. The number of para-hydroxylation sites is 2. The number of allylic oxidation sites excluding steroid dienone is 1. The van der Waals surface area contributed by atoms with E-state index < -0.39 is 5.97 Å².